The second-order valence-corrected chi connectivity index (χ2v) is 7.29. The smallest absolute Gasteiger partial charge is 0.273 e. The minimum atomic E-state index is -0.000381. The molecule has 1 aromatic rings. The van der Waals surface area contributed by atoms with Gasteiger partial charge in [0.1, 0.15) is 5.69 Å². The van der Waals surface area contributed by atoms with Crippen LogP contribution in [0.2, 0.25) is 0 Å². The summed E-state index contributed by atoms with van der Waals surface area (Å²) in [6.07, 6.45) is 0.999. The Labute approximate surface area is 143 Å². The number of nitrogens with two attached hydrogens (primary N) is 1. The maximum Gasteiger partial charge on any atom is 0.273 e. The van der Waals surface area contributed by atoms with E-state index in [1.54, 1.807) is 11.3 Å². The van der Waals surface area contributed by atoms with Gasteiger partial charge in [0, 0.05) is 23.4 Å². The molecular formula is C14H25Cl2N3OS. The number of halogens is 2. The van der Waals surface area contributed by atoms with Crippen LogP contribution < -0.4 is 5.73 Å². The molecular weight excluding hydrogens is 329 g/mol. The first-order chi connectivity index (χ1) is 8.82. The van der Waals surface area contributed by atoms with Crippen LogP contribution >= 0.6 is 36.2 Å². The number of nitrogens with zero attached hydrogens (tertiary/aromatic N) is 2. The predicted molar refractivity (Wildman–Crippen MR) is 93.0 cm³/mol. The van der Waals surface area contributed by atoms with Gasteiger partial charge in [-0.05, 0) is 25.8 Å². The van der Waals surface area contributed by atoms with E-state index in [1.807, 2.05) is 10.3 Å². The zero-order valence-corrected chi connectivity index (χ0v) is 15.4. The van der Waals surface area contributed by atoms with Crippen molar-refractivity contribution in [3.05, 3.63) is 16.1 Å². The van der Waals surface area contributed by atoms with Crippen molar-refractivity contribution >= 4 is 42.1 Å². The normalized spacial score (nSPS) is 21.7. The molecule has 0 saturated carbocycles. The summed E-state index contributed by atoms with van der Waals surface area (Å²) < 4.78 is 0. The molecule has 1 aliphatic rings. The Morgan fingerprint density at radius 2 is 2.10 bits per heavy atom. The summed E-state index contributed by atoms with van der Waals surface area (Å²) in [5, 5.41) is 2.89. The van der Waals surface area contributed by atoms with Gasteiger partial charge >= 0.3 is 0 Å². The molecule has 7 heteroatoms. The van der Waals surface area contributed by atoms with Gasteiger partial charge in [0.25, 0.3) is 5.91 Å². The van der Waals surface area contributed by atoms with E-state index in [4.69, 9.17) is 5.73 Å². The van der Waals surface area contributed by atoms with Crippen LogP contribution in [0.5, 0.6) is 0 Å². The zero-order chi connectivity index (χ0) is 14.2. The van der Waals surface area contributed by atoms with Crippen molar-refractivity contribution < 1.29 is 4.79 Å². The maximum atomic E-state index is 12.5. The first kappa shape index (κ1) is 20.6. The highest BCUT2D eigenvalue weighted by molar-refractivity contribution is 7.10. The van der Waals surface area contributed by atoms with Gasteiger partial charge in [0.2, 0.25) is 0 Å². The Hall–Kier alpha value is -0.360. The van der Waals surface area contributed by atoms with E-state index in [-0.39, 0.29) is 42.2 Å². The van der Waals surface area contributed by atoms with Crippen LogP contribution in [0.25, 0.3) is 0 Å². The van der Waals surface area contributed by atoms with Crippen molar-refractivity contribution in [2.75, 3.05) is 13.1 Å². The number of hydrogen-bond donors (Lipinski definition) is 1. The number of aromatic nitrogens is 1. The number of rotatable bonds is 2. The molecule has 1 fully saturated rings. The lowest BCUT2D eigenvalue weighted by Crippen LogP contribution is -2.34. The number of carbonyl (C=O) groups is 1. The van der Waals surface area contributed by atoms with Gasteiger partial charge in [0.05, 0.1) is 5.01 Å². The number of amides is 1. The Balaban J connectivity index is 0.00000200. The van der Waals surface area contributed by atoms with E-state index < -0.39 is 0 Å². The lowest BCUT2D eigenvalue weighted by atomic mass is 9.98. The van der Waals surface area contributed by atoms with Crippen LogP contribution in [-0.4, -0.2) is 34.9 Å². The molecule has 0 aromatic carbocycles. The number of hydrogen-bond acceptors (Lipinski definition) is 4. The minimum absolute atomic E-state index is 0. The summed E-state index contributed by atoms with van der Waals surface area (Å²) in [5.41, 5.74) is 6.29. The molecule has 1 aromatic heterocycles. The van der Waals surface area contributed by atoms with Gasteiger partial charge < -0.3 is 10.6 Å². The van der Waals surface area contributed by atoms with Gasteiger partial charge in [-0.25, -0.2) is 4.98 Å². The molecule has 0 aliphatic carbocycles. The topological polar surface area (TPSA) is 59.2 Å². The number of likely N-dealkylation sites (tertiary alicyclic amines) is 1. The summed E-state index contributed by atoms with van der Waals surface area (Å²) in [4.78, 5) is 18.9. The standard InChI is InChI=1S/C14H23N3OS.2ClH/c1-9-5-10(6-15)7-17(9)12(18)11-8-19-13(16-11)14(2,3)4;;/h8-10H,5-7,15H2,1-4H3;2*1H. The zero-order valence-electron chi connectivity index (χ0n) is 13.0. The average molecular weight is 354 g/mol. The molecule has 1 aliphatic heterocycles. The quantitative estimate of drug-likeness (QED) is 0.888. The molecule has 2 rings (SSSR count). The lowest BCUT2D eigenvalue weighted by molar-refractivity contribution is 0.0738. The van der Waals surface area contributed by atoms with Gasteiger partial charge in [-0.3, -0.25) is 4.79 Å². The molecule has 2 unspecified atom stereocenters. The molecule has 4 nitrogen and oxygen atoms in total. The lowest BCUT2D eigenvalue weighted by Gasteiger charge is -2.20. The van der Waals surface area contributed by atoms with Gasteiger partial charge in [-0.1, -0.05) is 20.8 Å². The minimum Gasteiger partial charge on any atom is -0.334 e. The Bertz CT molecular complexity index is 473. The Morgan fingerprint density at radius 3 is 2.52 bits per heavy atom. The molecule has 2 atom stereocenters. The monoisotopic (exact) mass is 353 g/mol. The highest BCUT2D eigenvalue weighted by atomic mass is 35.5. The summed E-state index contributed by atoms with van der Waals surface area (Å²) in [6, 6.07) is 0.265. The number of carbonyl (C=O) groups excluding carboxylic acids is 1. The molecule has 122 valence electrons. The van der Waals surface area contributed by atoms with E-state index in [0.717, 1.165) is 18.0 Å². The highest BCUT2D eigenvalue weighted by Crippen LogP contribution is 2.28. The third-order valence-corrected chi connectivity index (χ3v) is 4.89. The summed E-state index contributed by atoms with van der Waals surface area (Å²) in [5.74, 6) is 0.481. The van der Waals surface area contributed by atoms with E-state index in [2.05, 4.69) is 32.7 Å². The van der Waals surface area contributed by atoms with Crippen LogP contribution in [0, 0.1) is 5.92 Å². The van der Waals surface area contributed by atoms with Gasteiger partial charge in [-0.2, -0.15) is 0 Å². The highest BCUT2D eigenvalue weighted by Gasteiger charge is 2.33. The molecule has 0 spiro atoms. The van der Waals surface area contributed by atoms with Crippen LogP contribution in [0.4, 0.5) is 0 Å². The van der Waals surface area contributed by atoms with Gasteiger partial charge in [-0.15, -0.1) is 36.2 Å². The predicted octanol–water partition coefficient (Wildman–Crippen LogP) is 3.09. The summed E-state index contributed by atoms with van der Waals surface area (Å²) in [6.45, 7) is 9.84. The molecule has 1 amide bonds. The van der Waals surface area contributed by atoms with Crippen LogP contribution in [0.1, 0.15) is 49.6 Å². The van der Waals surface area contributed by atoms with Crippen LogP contribution in [0.3, 0.4) is 0 Å². The van der Waals surface area contributed by atoms with E-state index in [1.165, 1.54) is 0 Å². The molecule has 2 N–H and O–H groups in total. The fourth-order valence-electron chi connectivity index (χ4n) is 2.46. The first-order valence-electron chi connectivity index (χ1n) is 6.80. The summed E-state index contributed by atoms with van der Waals surface area (Å²) >= 11 is 1.57. The third-order valence-electron chi connectivity index (χ3n) is 3.62. The molecule has 0 radical (unpaired) electrons. The SMILES string of the molecule is CC1CC(CN)CN1C(=O)c1csc(C(C)(C)C)n1.Cl.Cl. The average Bonchev–Trinajstić information content (AvgIpc) is 2.93. The Morgan fingerprint density at radius 1 is 1.48 bits per heavy atom. The van der Waals surface area contributed by atoms with Crippen molar-refractivity contribution in [1.29, 1.82) is 0 Å². The van der Waals surface area contributed by atoms with E-state index in [9.17, 15) is 4.79 Å². The molecule has 2 heterocycles. The van der Waals surface area contributed by atoms with Crippen molar-refractivity contribution in [2.24, 2.45) is 11.7 Å². The number of thiazole rings is 1. The van der Waals surface area contributed by atoms with Gasteiger partial charge in [0.15, 0.2) is 0 Å². The van der Waals surface area contributed by atoms with Crippen LogP contribution in [-0.2, 0) is 5.41 Å². The van der Waals surface area contributed by atoms with Crippen molar-refractivity contribution in [3.63, 3.8) is 0 Å². The Kier molecular flexibility index (Phi) is 7.63. The molecule has 0 bridgehead atoms. The first-order valence-corrected chi connectivity index (χ1v) is 7.68. The van der Waals surface area contributed by atoms with Crippen molar-refractivity contribution in [3.8, 4) is 0 Å². The van der Waals surface area contributed by atoms with Crippen molar-refractivity contribution in [1.82, 2.24) is 9.88 Å². The van der Waals surface area contributed by atoms with Crippen molar-refractivity contribution in [2.45, 2.75) is 45.6 Å². The molecule has 21 heavy (non-hydrogen) atoms. The second kappa shape index (κ2) is 7.77. The van der Waals surface area contributed by atoms with E-state index in [0.29, 0.717) is 18.2 Å². The largest absolute Gasteiger partial charge is 0.334 e. The van der Waals surface area contributed by atoms with E-state index >= 15 is 0 Å². The van der Waals surface area contributed by atoms with Crippen LogP contribution in [0.15, 0.2) is 5.38 Å². The summed E-state index contributed by atoms with van der Waals surface area (Å²) in [7, 11) is 0. The fourth-order valence-corrected chi connectivity index (χ4v) is 3.34. The fraction of sp³-hybridized carbons (Fsp3) is 0.714. The molecule has 1 saturated heterocycles. The second-order valence-electron chi connectivity index (χ2n) is 6.43. The maximum absolute atomic E-state index is 12.5. The third kappa shape index (κ3) is 4.55.